The van der Waals surface area contributed by atoms with E-state index in [4.69, 9.17) is 0 Å². The lowest BCUT2D eigenvalue weighted by atomic mass is 10.1. The van der Waals surface area contributed by atoms with Crippen LogP contribution in [0.25, 0.3) is 0 Å². The molecule has 0 atom stereocenters. The van der Waals surface area contributed by atoms with Gasteiger partial charge in [0.1, 0.15) is 0 Å². The summed E-state index contributed by atoms with van der Waals surface area (Å²) < 4.78 is 0.827. The molecule has 0 fully saturated rings. The van der Waals surface area contributed by atoms with Crippen LogP contribution in [0.1, 0.15) is 27.2 Å². The van der Waals surface area contributed by atoms with Crippen LogP contribution in [0.4, 0.5) is 5.95 Å². The summed E-state index contributed by atoms with van der Waals surface area (Å²) in [7, 11) is 0. The van der Waals surface area contributed by atoms with Gasteiger partial charge in [-0.1, -0.05) is 0 Å². The molecule has 0 spiro atoms. The second-order valence-electron chi connectivity index (χ2n) is 4.70. The van der Waals surface area contributed by atoms with Gasteiger partial charge < -0.3 is 10.6 Å². The zero-order valence-electron chi connectivity index (χ0n) is 10.2. The number of carbonyl (C=O) groups excluding carboxylic acids is 1. The van der Waals surface area contributed by atoms with Crippen LogP contribution in [0.2, 0.25) is 0 Å². The van der Waals surface area contributed by atoms with Crippen LogP contribution in [-0.2, 0) is 4.79 Å². The molecule has 0 aliphatic rings. The number of hydrogen-bond acceptors (Lipinski definition) is 4. The Hall–Kier alpha value is -1.17. The number of rotatable bonds is 4. The first-order valence-corrected chi connectivity index (χ1v) is 6.18. The molecule has 1 aromatic heterocycles. The third-order valence-electron chi connectivity index (χ3n) is 1.77. The largest absolute Gasteiger partial charge is 0.354 e. The van der Waals surface area contributed by atoms with Gasteiger partial charge in [-0.15, -0.1) is 0 Å². The van der Waals surface area contributed by atoms with E-state index in [0.717, 1.165) is 4.47 Å². The molecule has 94 valence electrons. The lowest BCUT2D eigenvalue weighted by Crippen LogP contribution is -2.41. The van der Waals surface area contributed by atoms with Crippen LogP contribution in [0, 0.1) is 0 Å². The third kappa shape index (κ3) is 6.21. The Morgan fingerprint density at radius 3 is 2.47 bits per heavy atom. The maximum Gasteiger partial charge on any atom is 0.222 e. The van der Waals surface area contributed by atoms with E-state index in [2.05, 4.69) is 36.5 Å². The summed E-state index contributed by atoms with van der Waals surface area (Å²) in [5.41, 5.74) is -0.189. The summed E-state index contributed by atoms with van der Waals surface area (Å²) >= 11 is 3.25. The fraction of sp³-hybridized carbons (Fsp3) is 0.545. The Kier molecular flexibility index (Phi) is 4.86. The zero-order valence-corrected chi connectivity index (χ0v) is 11.8. The van der Waals surface area contributed by atoms with E-state index >= 15 is 0 Å². The Balaban J connectivity index is 2.28. The molecular weight excluding hydrogens is 284 g/mol. The van der Waals surface area contributed by atoms with E-state index in [1.165, 1.54) is 0 Å². The van der Waals surface area contributed by atoms with Gasteiger partial charge in [0.15, 0.2) is 0 Å². The Labute approximate surface area is 110 Å². The molecule has 0 bridgehead atoms. The molecular formula is C11H17BrN4O. The smallest absolute Gasteiger partial charge is 0.222 e. The second-order valence-corrected chi connectivity index (χ2v) is 5.62. The topological polar surface area (TPSA) is 66.9 Å². The summed E-state index contributed by atoms with van der Waals surface area (Å²) in [5.74, 6) is 0.541. The van der Waals surface area contributed by atoms with Crippen molar-refractivity contribution in [3.05, 3.63) is 16.9 Å². The van der Waals surface area contributed by atoms with Crippen molar-refractivity contribution in [3.8, 4) is 0 Å². The van der Waals surface area contributed by atoms with Gasteiger partial charge in [0.2, 0.25) is 11.9 Å². The molecule has 0 unspecified atom stereocenters. The predicted molar refractivity (Wildman–Crippen MR) is 70.7 cm³/mol. The van der Waals surface area contributed by atoms with Gasteiger partial charge in [-0.3, -0.25) is 4.79 Å². The number of anilines is 1. The molecule has 0 saturated carbocycles. The lowest BCUT2D eigenvalue weighted by Gasteiger charge is -2.20. The van der Waals surface area contributed by atoms with E-state index in [0.29, 0.717) is 18.9 Å². The summed E-state index contributed by atoms with van der Waals surface area (Å²) in [6.07, 6.45) is 3.71. The first-order valence-electron chi connectivity index (χ1n) is 5.39. The van der Waals surface area contributed by atoms with Gasteiger partial charge in [0.25, 0.3) is 0 Å². The zero-order chi connectivity index (χ0) is 12.9. The van der Waals surface area contributed by atoms with Gasteiger partial charge in [0.05, 0.1) is 4.47 Å². The highest BCUT2D eigenvalue weighted by atomic mass is 79.9. The molecule has 17 heavy (non-hydrogen) atoms. The lowest BCUT2D eigenvalue weighted by molar-refractivity contribution is -0.122. The SMILES string of the molecule is CC(C)(C)NC(=O)CCNc1ncc(Br)cn1. The van der Waals surface area contributed by atoms with Crippen LogP contribution in [-0.4, -0.2) is 28.0 Å². The van der Waals surface area contributed by atoms with Crippen LogP contribution < -0.4 is 10.6 Å². The van der Waals surface area contributed by atoms with Crippen molar-refractivity contribution in [2.75, 3.05) is 11.9 Å². The average Bonchev–Trinajstić information content (AvgIpc) is 2.18. The summed E-state index contributed by atoms with van der Waals surface area (Å²) in [6, 6.07) is 0. The van der Waals surface area contributed by atoms with Gasteiger partial charge in [-0.05, 0) is 36.7 Å². The van der Waals surface area contributed by atoms with E-state index < -0.39 is 0 Å². The predicted octanol–water partition coefficient (Wildman–Crippen LogP) is 1.96. The van der Waals surface area contributed by atoms with Crippen LogP contribution in [0.5, 0.6) is 0 Å². The Morgan fingerprint density at radius 1 is 1.35 bits per heavy atom. The van der Waals surface area contributed by atoms with Crippen molar-refractivity contribution in [2.24, 2.45) is 0 Å². The van der Waals surface area contributed by atoms with Crippen molar-refractivity contribution < 1.29 is 4.79 Å². The summed E-state index contributed by atoms with van der Waals surface area (Å²) in [4.78, 5) is 19.6. The van der Waals surface area contributed by atoms with Crippen molar-refractivity contribution in [1.82, 2.24) is 15.3 Å². The first-order chi connectivity index (χ1) is 7.87. The minimum absolute atomic E-state index is 0.0158. The normalized spacial score (nSPS) is 11.1. The maximum absolute atomic E-state index is 11.5. The quantitative estimate of drug-likeness (QED) is 0.892. The molecule has 2 N–H and O–H groups in total. The highest BCUT2D eigenvalue weighted by Crippen LogP contribution is 2.06. The Morgan fingerprint density at radius 2 is 1.94 bits per heavy atom. The van der Waals surface area contributed by atoms with Crippen LogP contribution in [0.3, 0.4) is 0 Å². The standard InChI is InChI=1S/C11H17BrN4O/c1-11(2,3)16-9(17)4-5-13-10-14-6-8(12)7-15-10/h6-7H,4-5H2,1-3H3,(H,16,17)(H,13,14,15). The summed E-state index contributed by atoms with van der Waals surface area (Å²) in [5, 5.41) is 5.87. The molecule has 0 aliphatic carbocycles. The first kappa shape index (κ1) is 13.9. The molecule has 1 amide bonds. The molecule has 6 heteroatoms. The van der Waals surface area contributed by atoms with E-state index in [-0.39, 0.29) is 11.4 Å². The number of nitrogens with zero attached hydrogens (tertiary/aromatic N) is 2. The minimum atomic E-state index is -0.189. The fourth-order valence-electron chi connectivity index (χ4n) is 1.17. The molecule has 0 aromatic carbocycles. The van der Waals surface area contributed by atoms with Gasteiger partial charge in [0, 0.05) is 30.9 Å². The number of amides is 1. The fourth-order valence-corrected chi connectivity index (χ4v) is 1.38. The molecule has 0 aliphatic heterocycles. The molecule has 1 heterocycles. The monoisotopic (exact) mass is 300 g/mol. The van der Waals surface area contributed by atoms with Crippen molar-refractivity contribution in [3.63, 3.8) is 0 Å². The average molecular weight is 301 g/mol. The number of hydrogen-bond donors (Lipinski definition) is 2. The second kappa shape index (κ2) is 5.95. The van der Waals surface area contributed by atoms with Gasteiger partial charge in [-0.2, -0.15) is 0 Å². The van der Waals surface area contributed by atoms with Crippen molar-refractivity contribution in [1.29, 1.82) is 0 Å². The minimum Gasteiger partial charge on any atom is -0.354 e. The number of carbonyl (C=O) groups is 1. The van der Waals surface area contributed by atoms with Gasteiger partial charge >= 0.3 is 0 Å². The highest BCUT2D eigenvalue weighted by Gasteiger charge is 2.12. The van der Waals surface area contributed by atoms with Crippen molar-refractivity contribution in [2.45, 2.75) is 32.7 Å². The van der Waals surface area contributed by atoms with Gasteiger partial charge in [-0.25, -0.2) is 9.97 Å². The molecule has 1 rings (SSSR count). The number of nitrogens with one attached hydrogen (secondary N) is 2. The van der Waals surface area contributed by atoms with E-state index in [1.807, 2.05) is 20.8 Å². The third-order valence-corrected chi connectivity index (χ3v) is 2.18. The molecule has 5 nitrogen and oxygen atoms in total. The summed E-state index contributed by atoms with van der Waals surface area (Å²) in [6.45, 7) is 6.38. The maximum atomic E-state index is 11.5. The number of aromatic nitrogens is 2. The molecule has 0 radical (unpaired) electrons. The number of halogens is 1. The van der Waals surface area contributed by atoms with Crippen LogP contribution in [0.15, 0.2) is 16.9 Å². The van der Waals surface area contributed by atoms with Crippen LogP contribution >= 0.6 is 15.9 Å². The molecule has 1 aromatic rings. The van der Waals surface area contributed by atoms with E-state index in [9.17, 15) is 4.79 Å². The highest BCUT2D eigenvalue weighted by molar-refractivity contribution is 9.10. The molecule has 0 saturated heterocycles. The van der Waals surface area contributed by atoms with E-state index in [1.54, 1.807) is 12.4 Å². The van der Waals surface area contributed by atoms with Crippen molar-refractivity contribution >= 4 is 27.8 Å². The Bertz CT molecular complexity index is 372.